The molecule has 4 rings (SSSR count). The van der Waals surface area contributed by atoms with Crippen LogP contribution >= 0.6 is 11.3 Å². The van der Waals surface area contributed by atoms with Crippen LogP contribution in [-0.4, -0.2) is 31.8 Å². The average molecular weight is 558 g/mol. The van der Waals surface area contributed by atoms with Crippen molar-refractivity contribution in [3.63, 3.8) is 0 Å². The monoisotopic (exact) mass is 557 g/mol. The number of hydrogen-bond donors (Lipinski definition) is 0. The van der Waals surface area contributed by atoms with Crippen molar-refractivity contribution in [3.8, 4) is 16.5 Å². The molecule has 2 aromatic carbocycles. The highest BCUT2D eigenvalue weighted by atomic mass is 32.2. The van der Waals surface area contributed by atoms with E-state index in [-0.39, 0.29) is 18.5 Å². The number of thiazole rings is 1. The number of nitrogens with zero attached hydrogens (tertiary/aromatic N) is 3. The third-order valence-corrected chi connectivity index (χ3v) is 8.38. The Morgan fingerprint density at radius 1 is 1.18 bits per heavy atom. The molecule has 3 aromatic rings. The number of benzene rings is 2. The molecule has 0 fully saturated rings. The first kappa shape index (κ1) is 28.4. The van der Waals surface area contributed by atoms with Gasteiger partial charge >= 0.3 is 0 Å². The van der Waals surface area contributed by atoms with Crippen molar-refractivity contribution in [1.29, 1.82) is 5.26 Å². The van der Waals surface area contributed by atoms with Gasteiger partial charge in [-0.3, -0.25) is 0 Å². The fourth-order valence-electron chi connectivity index (χ4n) is 4.32. The molecule has 0 bridgehead atoms. The van der Waals surface area contributed by atoms with Gasteiger partial charge in [-0.25, -0.2) is 13.4 Å². The average Bonchev–Trinajstić information content (AvgIpc) is 3.56. The lowest BCUT2D eigenvalue weighted by molar-refractivity contribution is 0.0992. The molecule has 0 amide bonds. The summed E-state index contributed by atoms with van der Waals surface area (Å²) in [6, 6.07) is 17.2. The van der Waals surface area contributed by atoms with E-state index in [4.69, 9.17) is 4.74 Å². The van der Waals surface area contributed by atoms with E-state index >= 15 is 0 Å². The van der Waals surface area contributed by atoms with Crippen LogP contribution in [0.3, 0.4) is 0 Å². The molecule has 0 spiro atoms. The summed E-state index contributed by atoms with van der Waals surface area (Å²) in [7, 11) is -3.66. The topological polar surface area (TPSA) is 92.4 Å². The first-order valence-electron chi connectivity index (χ1n) is 12.8. The minimum atomic E-state index is -3.66. The van der Waals surface area contributed by atoms with Crippen LogP contribution in [0.4, 0.5) is 0 Å². The van der Waals surface area contributed by atoms with Crippen LogP contribution < -0.4 is 0 Å². The molecule has 200 valence electrons. The van der Waals surface area contributed by atoms with Crippen LogP contribution in [0.25, 0.3) is 16.0 Å². The van der Waals surface area contributed by atoms with Gasteiger partial charge in [0, 0.05) is 17.3 Å². The third kappa shape index (κ3) is 7.48. The van der Waals surface area contributed by atoms with E-state index in [0.29, 0.717) is 30.5 Å². The Morgan fingerprint density at radius 2 is 1.95 bits per heavy atom. The fourth-order valence-corrected chi connectivity index (χ4v) is 6.50. The van der Waals surface area contributed by atoms with Crippen molar-refractivity contribution in [1.82, 2.24) is 4.98 Å². The number of aromatic nitrogens is 1. The Morgan fingerprint density at radius 3 is 2.67 bits per heavy atom. The number of ether oxygens (including phenoxy) is 1. The summed E-state index contributed by atoms with van der Waals surface area (Å²) in [5.41, 5.74) is 5.67. The number of rotatable bonds is 11. The number of nitriles is 1. The van der Waals surface area contributed by atoms with Gasteiger partial charge in [0.1, 0.15) is 5.01 Å². The highest BCUT2D eigenvalue weighted by molar-refractivity contribution is 7.89. The van der Waals surface area contributed by atoms with Crippen molar-refractivity contribution < 1.29 is 13.2 Å². The Bertz CT molecular complexity index is 1570. The van der Waals surface area contributed by atoms with E-state index in [2.05, 4.69) is 22.0 Å². The van der Waals surface area contributed by atoms with E-state index in [1.54, 1.807) is 18.2 Å². The minimum absolute atomic E-state index is 0.0238. The number of fused-ring (bicyclic) bond motifs is 1. The summed E-state index contributed by atoms with van der Waals surface area (Å²) in [5, 5.41) is 10.4. The van der Waals surface area contributed by atoms with Gasteiger partial charge in [-0.05, 0) is 55.9 Å². The quantitative estimate of drug-likeness (QED) is 0.145. The van der Waals surface area contributed by atoms with Crippen molar-refractivity contribution in [2.45, 2.75) is 45.0 Å². The maximum atomic E-state index is 12.8. The molecule has 0 atom stereocenters. The van der Waals surface area contributed by atoms with Crippen molar-refractivity contribution in [2.24, 2.45) is 4.40 Å². The predicted molar refractivity (Wildman–Crippen MR) is 159 cm³/mol. The summed E-state index contributed by atoms with van der Waals surface area (Å²) in [4.78, 5) is 5.65. The molecule has 0 saturated heterocycles. The first-order valence-corrected chi connectivity index (χ1v) is 15.2. The molecule has 0 unspecified atom stereocenters. The number of allylic oxidation sites excluding steroid dienone is 4. The summed E-state index contributed by atoms with van der Waals surface area (Å²) in [6.45, 7) is 7.91. The minimum Gasteiger partial charge on any atom is -0.373 e. The zero-order valence-corrected chi connectivity index (χ0v) is 23.8. The third-order valence-electron chi connectivity index (χ3n) is 6.11. The zero-order valence-electron chi connectivity index (χ0n) is 22.1. The van der Waals surface area contributed by atoms with Gasteiger partial charge < -0.3 is 4.74 Å². The molecule has 0 radical (unpaired) electrons. The maximum Gasteiger partial charge on any atom is 0.257 e. The second kappa shape index (κ2) is 12.9. The molecule has 1 heterocycles. The lowest BCUT2D eigenvalue weighted by Crippen LogP contribution is -2.05. The second-order valence-electron chi connectivity index (χ2n) is 9.44. The Kier molecular flexibility index (Phi) is 9.41. The molecule has 1 aromatic heterocycles. The molecule has 8 heteroatoms. The van der Waals surface area contributed by atoms with Crippen molar-refractivity contribution in [3.05, 3.63) is 107 Å². The van der Waals surface area contributed by atoms with Gasteiger partial charge in [-0.15, -0.1) is 17.9 Å². The molecule has 1 aliphatic carbocycles. The Hall–Kier alpha value is -3.64. The van der Waals surface area contributed by atoms with E-state index in [1.807, 2.05) is 68.6 Å². The fraction of sp³-hybridized carbons (Fsp3) is 0.258. The number of hydrogen-bond acceptors (Lipinski definition) is 6. The second-order valence-corrected chi connectivity index (χ2v) is 12.1. The van der Waals surface area contributed by atoms with Crippen LogP contribution in [0.2, 0.25) is 0 Å². The molecule has 1 aliphatic rings. The van der Waals surface area contributed by atoms with Gasteiger partial charge in [0.05, 0.1) is 40.7 Å². The molecular formula is C31H31N3O3S2. The van der Waals surface area contributed by atoms with Crippen LogP contribution in [0.15, 0.2) is 89.5 Å². The van der Waals surface area contributed by atoms with Gasteiger partial charge in [0.15, 0.2) is 0 Å². The predicted octanol–water partition coefficient (Wildman–Crippen LogP) is 6.91. The van der Waals surface area contributed by atoms with Gasteiger partial charge in [0.25, 0.3) is 10.0 Å². The Balaban J connectivity index is 1.63. The first-order chi connectivity index (χ1) is 18.8. The van der Waals surface area contributed by atoms with E-state index in [9.17, 15) is 13.7 Å². The molecular weight excluding hydrogens is 526 g/mol. The van der Waals surface area contributed by atoms with Gasteiger partial charge in [-0.1, -0.05) is 60.7 Å². The van der Waals surface area contributed by atoms with E-state index in [0.717, 1.165) is 37.7 Å². The van der Waals surface area contributed by atoms with E-state index < -0.39 is 10.0 Å². The largest absolute Gasteiger partial charge is 0.373 e. The van der Waals surface area contributed by atoms with E-state index in [1.165, 1.54) is 11.3 Å². The number of sulfonamides is 1. The summed E-state index contributed by atoms with van der Waals surface area (Å²) < 4.78 is 35.5. The lowest BCUT2D eigenvalue weighted by Gasteiger charge is -2.07. The van der Waals surface area contributed by atoms with Crippen LogP contribution in [0.5, 0.6) is 0 Å². The molecule has 0 aliphatic heterocycles. The molecule has 6 nitrogen and oxygen atoms in total. The smallest absolute Gasteiger partial charge is 0.257 e. The lowest BCUT2D eigenvalue weighted by atomic mass is 10.0. The van der Waals surface area contributed by atoms with Gasteiger partial charge in [-0.2, -0.15) is 9.66 Å². The summed E-state index contributed by atoms with van der Waals surface area (Å²) >= 11 is 1.54. The maximum absolute atomic E-state index is 12.8. The standard InChI is InChI=1S/C31H31N3O3S2/c1-4-5-12-25(17-24(18-32)20-37-22(2)3)31-33-19-30(38-31)28-14-9-13-27-26(28)15-16-29(27)34-39(35,36)21-23-10-7-6-8-11-23/h4,6-14,17,19,22H,1,5,15-16,20-21H2,2-3H3/b24-17-,25-12+,34-29-. The van der Waals surface area contributed by atoms with Crippen LogP contribution in [-0.2, 0) is 26.9 Å². The summed E-state index contributed by atoms with van der Waals surface area (Å²) in [5.74, 6) is -0.120. The molecule has 0 N–H and O–H groups in total. The van der Waals surface area contributed by atoms with Crippen LogP contribution in [0.1, 0.15) is 48.4 Å². The summed E-state index contributed by atoms with van der Waals surface area (Å²) in [6.07, 6.45) is 9.41. The van der Waals surface area contributed by atoms with Crippen molar-refractivity contribution >= 4 is 32.6 Å². The highest BCUT2D eigenvalue weighted by Crippen LogP contribution is 2.37. The molecule has 0 saturated carbocycles. The highest BCUT2D eigenvalue weighted by Gasteiger charge is 2.24. The van der Waals surface area contributed by atoms with Crippen molar-refractivity contribution in [2.75, 3.05) is 6.61 Å². The normalized spacial score (nSPS) is 15.0. The Labute approximate surface area is 234 Å². The van der Waals surface area contributed by atoms with Crippen LogP contribution in [0, 0.1) is 11.3 Å². The SMILES string of the molecule is C=CC/C=C(\C=C(\C#N)COC(C)C)c1ncc(-c2cccc3c2CC/C3=N/S(=O)(=O)Cc2ccccc2)s1. The molecule has 39 heavy (non-hydrogen) atoms. The zero-order chi connectivity index (χ0) is 27.8. The van der Waals surface area contributed by atoms with Gasteiger partial charge in [0.2, 0.25) is 0 Å².